The number of nitrogens with one attached hydrogen (secondary N) is 1. The van der Waals surface area contributed by atoms with Crippen LogP contribution in [0.5, 0.6) is 0 Å². The van der Waals surface area contributed by atoms with Crippen LogP contribution < -0.4 is 5.32 Å². The molecule has 10 heteroatoms. The Bertz CT molecular complexity index is 780. The van der Waals surface area contributed by atoms with E-state index in [0.717, 1.165) is 18.9 Å². The van der Waals surface area contributed by atoms with Gasteiger partial charge in [-0.05, 0) is 19.2 Å². The number of pyridine rings is 1. The van der Waals surface area contributed by atoms with Crippen LogP contribution in [-0.2, 0) is 23.6 Å². The molecule has 9 nitrogen and oxygen atoms in total. The summed E-state index contributed by atoms with van der Waals surface area (Å²) in [6, 6.07) is 3.25. The van der Waals surface area contributed by atoms with Crippen molar-refractivity contribution < 1.29 is 8.42 Å². The van der Waals surface area contributed by atoms with Crippen molar-refractivity contribution in [1.29, 1.82) is 0 Å². The summed E-state index contributed by atoms with van der Waals surface area (Å²) in [4.78, 5) is 10.6. The molecule has 0 unspecified atom stereocenters. The topological polar surface area (TPSA) is 96.3 Å². The molecule has 3 rings (SSSR count). The largest absolute Gasteiger partial charge is 0.363 e. The first-order valence-electron chi connectivity index (χ1n) is 7.68. The highest BCUT2D eigenvalue weighted by molar-refractivity contribution is 7.89. The first-order chi connectivity index (χ1) is 11.5. The van der Waals surface area contributed by atoms with E-state index < -0.39 is 10.0 Å². The van der Waals surface area contributed by atoms with Crippen LogP contribution >= 0.6 is 0 Å². The maximum atomic E-state index is 12.6. The highest BCUT2D eigenvalue weighted by Gasteiger charge is 2.27. The Morgan fingerprint density at radius 1 is 1.12 bits per heavy atom. The van der Waals surface area contributed by atoms with E-state index in [1.807, 2.05) is 14.1 Å². The van der Waals surface area contributed by atoms with Crippen LogP contribution in [0.3, 0.4) is 0 Å². The van der Waals surface area contributed by atoms with Gasteiger partial charge in [0.15, 0.2) is 0 Å². The number of aryl methyl sites for hydroxylation is 1. The molecule has 2 aromatic rings. The van der Waals surface area contributed by atoms with Crippen LogP contribution in [0.25, 0.3) is 0 Å². The second-order valence-electron chi connectivity index (χ2n) is 5.74. The van der Waals surface area contributed by atoms with E-state index in [9.17, 15) is 8.42 Å². The van der Waals surface area contributed by atoms with Gasteiger partial charge in [-0.15, -0.1) is 0 Å². The van der Waals surface area contributed by atoms with E-state index >= 15 is 0 Å². The number of hydrogen-bond donors (Lipinski definition) is 1. The van der Waals surface area contributed by atoms with Crippen molar-refractivity contribution in [3.05, 3.63) is 30.5 Å². The number of likely N-dealkylation sites (N-methyl/N-ethyl adjacent to an activating group) is 1. The lowest BCUT2D eigenvalue weighted by molar-refractivity contribution is 0.222. The average Bonchev–Trinajstić information content (AvgIpc) is 2.99. The molecule has 1 aliphatic rings. The zero-order chi connectivity index (χ0) is 17.2. The minimum atomic E-state index is -3.48. The quantitative estimate of drug-likeness (QED) is 0.794. The summed E-state index contributed by atoms with van der Waals surface area (Å²) in [5.74, 6) is 1.36. The van der Waals surface area contributed by atoms with Gasteiger partial charge in [-0.25, -0.2) is 18.4 Å². The monoisotopic (exact) mass is 351 g/mol. The van der Waals surface area contributed by atoms with Gasteiger partial charge in [-0.2, -0.15) is 9.40 Å². The molecule has 0 aromatic carbocycles. The first kappa shape index (κ1) is 16.8. The van der Waals surface area contributed by atoms with Gasteiger partial charge in [0, 0.05) is 39.4 Å². The normalized spacial score (nSPS) is 17.1. The van der Waals surface area contributed by atoms with Crippen molar-refractivity contribution in [3.8, 4) is 0 Å². The van der Waals surface area contributed by atoms with Crippen LogP contribution in [0.15, 0.2) is 29.6 Å². The molecule has 0 aliphatic carbocycles. The van der Waals surface area contributed by atoms with Gasteiger partial charge in [0.2, 0.25) is 10.0 Å². The molecule has 0 saturated carbocycles. The smallest absolute Gasteiger partial charge is 0.244 e. The second kappa shape index (κ2) is 6.83. The van der Waals surface area contributed by atoms with Crippen molar-refractivity contribution >= 4 is 15.8 Å². The van der Waals surface area contributed by atoms with E-state index in [1.54, 1.807) is 16.8 Å². The van der Waals surface area contributed by atoms with Gasteiger partial charge in [0.25, 0.3) is 0 Å². The predicted octanol–water partition coefficient (Wildman–Crippen LogP) is -0.242. The van der Waals surface area contributed by atoms with E-state index in [-0.39, 0.29) is 4.90 Å². The second-order valence-corrected chi connectivity index (χ2v) is 7.68. The molecule has 0 spiro atoms. The Balaban J connectivity index is 1.66. The van der Waals surface area contributed by atoms with Gasteiger partial charge in [-0.1, -0.05) is 0 Å². The van der Waals surface area contributed by atoms with Crippen LogP contribution in [-0.4, -0.2) is 70.6 Å². The Kier molecular flexibility index (Phi) is 4.78. The van der Waals surface area contributed by atoms with Gasteiger partial charge in [0.05, 0.1) is 6.54 Å². The molecule has 1 aliphatic heterocycles. The van der Waals surface area contributed by atoms with Crippen molar-refractivity contribution in [2.24, 2.45) is 7.05 Å². The lowest BCUT2D eigenvalue weighted by Crippen LogP contribution is -2.47. The molecule has 0 radical (unpaired) electrons. The van der Waals surface area contributed by atoms with E-state index in [4.69, 9.17) is 0 Å². The average molecular weight is 351 g/mol. The molecular formula is C14H21N7O2S. The molecule has 2 aromatic heterocycles. The SMILES string of the molecule is CN1CCN(S(=O)(=O)c2ccc(NCc3ncnn3C)nc2)CC1. The Morgan fingerprint density at radius 2 is 1.88 bits per heavy atom. The van der Waals surface area contributed by atoms with Gasteiger partial charge in [-0.3, -0.25) is 4.68 Å². The van der Waals surface area contributed by atoms with Crippen molar-refractivity contribution in [1.82, 2.24) is 29.0 Å². The Morgan fingerprint density at radius 3 is 2.46 bits per heavy atom. The molecule has 3 heterocycles. The fourth-order valence-corrected chi connectivity index (χ4v) is 3.83. The highest BCUT2D eigenvalue weighted by atomic mass is 32.2. The molecule has 0 bridgehead atoms. The summed E-state index contributed by atoms with van der Waals surface area (Å²) in [6.07, 6.45) is 2.88. The number of hydrogen-bond acceptors (Lipinski definition) is 7. The van der Waals surface area contributed by atoms with Crippen LogP contribution in [0.4, 0.5) is 5.82 Å². The fourth-order valence-electron chi connectivity index (χ4n) is 2.46. The molecular weight excluding hydrogens is 330 g/mol. The van der Waals surface area contributed by atoms with E-state index in [0.29, 0.717) is 25.5 Å². The van der Waals surface area contributed by atoms with Crippen molar-refractivity contribution in [3.63, 3.8) is 0 Å². The molecule has 1 saturated heterocycles. The molecule has 0 amide bonds. The summed E-state index contributed by atoms with van der Waals surface area (Å²) in [6.45, 7) is 2.96. The number of piperazine rings is 1. The third-order valence-electron chi connectivity index (χ3n) is 4.07. The summed E-state index contributed by atoms with van der Waals surface area (Å²) < 4.78 is 28.4. The third-order valence-corrected chi connectivity index (χ3v) is 5.95. The first-order valence-corrected chi connectivity index (χ1v) is 9.12. The van der Waals surface area contributed by atoms with Crippen LogP contribution in [0.1, 0.15) is 5.82 Å². The van der Waals surface area contributed by atoms with E-state index in [1.165, 1.54) is 16.8 Å². The number of sulfonamides is 1. The van der Waals surface area contributed by atoms with Crippen LogP contribution in [0.2, 0.25) is 0 Å². The van der Waals surface area contributed by atoms with Gasteiger partial charge in [0.1, 0.15) is 22.9 Å². The Hall–Kier alpha value is -2.04. The van der Waals surface area contributed by atoms with Crippen molar-refractivity contribution in [2.75, 3.05) is 38.5 Å². The predicted molar refractivity (Wildman–Crippen MR) is 88.8 cm³/mol. The van der Waals surface area contributed by atoms with E-state index in [2.05, 4.69) is 25.3 Å². The summed E-state index contributed by atoms with van der Waals surface area (Å²) in [7, 11) is 0.321. The molecule has 1 N–H and O–H groups in total. The molecule has 0 atom stereocenters. The summed E-state index contributed by atoms with van der Waals surface area (Å²) in [5.41, 5.74) is 0. The summed E-state index contributed by atoms with van der Waals surface area (Å²) in [5, 5.41) is 7.09. The minimum absolute atomic E-state index is 0.219. The van der Waals surface area contributed by atoms with Gasteiger partial charge < -0.3 is 10.2 Å². The van der Waals surface area contributed by atoms with Crippen LogP contribution in [0, 0.1) is 0 Å². The lowest BCUT2D eigenvalue weighted by atomic mass is 10.4. The molecule has 1 fully saturated rings. The fraction of sp³-hybridized carbons (Fsp3) is 0.500. The van der Waals surface area contributed by atoms with Crippen molar-refractivity contribution in [2.45, 2.75) is 11.4 Å². The maximum Gasteiger partial charge on any atom is 0.244 e. The number of anilines is 1. The number of aromatic nitrogens is 4. The minimum Gasteiger partial charge on any atom is -0.363 e. The molecule has 24 heavy (non-hydrogen) atoms. The highest BCUT2D eigenvalue weighted by Crippen LogP contribution is 2.18. The maximum absolute atomic E-state index is 12.6. The third kappa shape index (κ3) is 3.55. The summed E-state index contributed by atoms with van der Waals surface area (Å²) >= 11 is 0. The number of nitrogens with zero attached hydrogens (tertiary/aromatic N) is 6. The lowest BCUT2D eigenvalue weighted by Gasteiger charge is -2.31. The zero-order valence-corrected chi connectivity index (χ0v) is 14.6. The standard InChI is InChI=1S/C14H21N7O2S/c1-19-5-7-21(8-6-19)24(22,23)12-3-4-13(15-9-12)16-10-14-17-11-18-20(14)2/h3-4,9,11H,5-8,10H2,1-2H3,(H,15,16). The zero-order valence-electron chi connectivity index (χ0n) is 13.8. The van der Waals surface area contributed by atoms with Gasteiger partial charge >= 0.3 is 0 Å². The number of rotatable bonds is 5. The Labute approximate surface area is 141 Å². The molecule has 130 valence electrons.